The van der Waals surface area contributed by atoms with Crippen LogP contribution in [-0.2, 0) is 0 Å². The Labute approximate surface area is 132 Å². The van der Waals surface area contributed by atoms with Gasteiger partial charge in [0, 0.05) is 5.25 Å². The molecule has 0 nitrogen and oxygen atoms in total. The van der Waals surface area contributed by atoms with Crippen LogP contribution in [0.25, 0.3) is 0 Å². The zero-order valence-corrected chi connectivity index (χ0v) is 14.7. The predicted molar refractivity (Wildman–Crippen MR) is 83.9 cm³/mol. The molecule has 0 radical (unpaired) electrons. The fourth-order valence-electron chi connectivity index (χ4n) is 1.55. The SMILES string of the molecule is ClC(Cl)=C(Cl)/C(Br)=C(/Br)SC1CCCCC1. The van der Waals surface area contributed by atoms with E-state index < -0.39 is 0 Å². The Bertz CT molecular complexity index is 305. The summed E-state index contributed by atoms with van der Waals surface area (Å²) >= 11 is 25.9. The van der Waals surface area contributed by atoms with Crippen LogP contribution >= 0.6 is 78.4 Å². The summed E-state index contributed by atoms with van der Waals surface area (Å²) in [6.45, 7) is 0. The van der Waals surface area contributed by atoms with Gasteiger partial charge in [0.2, 0.25) is 0 Å². The highest BCUT2D eigenvalue weighted by Gasteiger charge is 2.17. The lowest BCUT2D eigenvalue weighted by Gasteiger charge is -2.21. The summed E-state index contributed by atoms with van der Waals surface area (Å²) in [5, 5.41) is 1.01. The molecule has 1 fully saturated rings. The summed E-state index contributed by atoms with van der Waals surface area (Å²) in [4.78, 5) is 0. The molecule has 1 saturated carbocycles. The molecule has 0 bridgehead atoms. The van der Waals surface area contributed by atoms with E-state index in [1.54, 1.807) is 11.8 Å². The van der Waals surface area contributed by atoms with Crippen molar-refractivity contribution in [2.24, 2.45) is 0 Å². The van der Waals surface area contributed by atoms with Gasteiger partial charge in [-0.2, -0.15) is 0 Å². The molecule has 0 saturated heterocycles. The quantitative estimate of drug-likeness (QED) is 0.440. The number of allylic oxidation sites excluding steroid dienone is 2. The van der Waals surface area contributed by atoms with Gasteiger partial charge in [0.15, 0.2) is 0 Å². The smallest absolute Gasteiger partial charge is 0.114 e. The highest BCUT2D eigenvalue weighted by atomic mass is 79.9. The highest BCUT2D eigenvalue weighted by Crippen LogP contribution is 2.42. The Morgan fingerprint density at radius 2 is 1.56 bits per heavy atom. The molecule has 92 valence electrons. The van der Waals surface area contributed by atoms with Gasteiger partial charge in [0.05, 0.1) is 13.3 Å². The molecule has 0 aromatic rings. The van der Waals surface area contributed by atoms with Gasteiger partial charge in [-0.15, -0.1) is 11.8 Å². The molecule has 0 amide bonds. The van der Waals surface area contributed by atoms with Gasteiger partial charge in [-0.1, -0.05) is 54.1 Å². The van der Waals surface area contributed by atoms with Crippen LogP contribution in [0.15, 0.2) is 17.8 Å². The van der Waals surface area contributed by atoms with Crippen molar-refractivity contribution in [2.45, 2.75) is 37.4 Å². The fraction of sp³-hybridized carbons (Fsp3) is 0.600. The van der Waals surface area contributed by atoms with Crippen LogP contribution in [0.5, 0.6) is 0 Å². The maximum atomic E-state index is 5.95. The van der Waals surface area contributed by atoms with Gasteiger partial charge in [-0.3, -0.25) is 0 Å². The molecule has 0 aromatic carbocycles. The molecule has 0 unspecified atom stereocenters. The zero-order chi connectivity index (χ0) is 12.1. The predicted octanol–water partition coefficient (Wildman–Crippen LogP) is 6.90. The third-order valence-electron chi connectivity index (χ3n) is 2.35. The van der Waals surface area contributed by atoms with Gasteiger partial charge in [0.25, 0.3) is 0 Å². The molecule has 0 N–H and O–H groups in total. The zero-order valence-electron chi connectivity index (χ0n) is 8.41. The van der Waals surface area contributed by atoms with E-state index >= 15 is 0 Å². The molecule has 0 aromatic heterocycles. The van der Waals surface area contributed by atoms with E-state index in [1.807, 2.05) is 0 Å². The Morgan fingerprint density at radius 1 is 1.00 bits per heavy atom. The first kappa shape index (κ1) is 15.7. The van der Waals surface area contributed by atoms with Crippen LogP contribution in [0.2, 0.25) is 0 Å². The molecule has 0 spiro atoms. The van der Waals surface area contributed by atoms with E-state index in [0.717, 1.165) is 8.30 Å². The van der Waals surface area contributed by atoms with Crippen molar-refractivity contribution in [1.82, 2.24) is 0 Å². The summed E-state index contributed by atoms with van der Waals surface area (Å²) in [7, 11) is 0. The van der Waals surface area contributed by atoms with Crippen molar-refractivity contribution in [2.75, 3.05) is 0 Å². The molecular formula is C10H11Br2Cl3S. The Kier molecular flexibility index (Phi) is 7.82. The van der Waals surface area contributed by atoms with E-state index in [2.05, 4.69) is 31.9 Å². The second kappa shape index (κ2) is 7.96. The molecule has 0 heterocycles. The van der Waals surface area contributed by atoms with E-state index in [-0.39, 0.29) is 4.49 Å². The third kappa shape index (κ3) is 5.11. The fourth-order valence-corrected chi connectivity index (χ4v) is 4.77. The lowest BCUT2D eigenvalue weighted by atomic mass is 10.0. The summed E-state index contributed by atoms with van der Waals surface area (Å²) < 4.78 is 1.77. The second-order valence-corrected chi connectivity index (χ2v) is 8.29. The van der Waals surface area contributed by atoms with Crippen LogP contribution in [0.4, 0.5) is 0 Å². The largest absolute Gasteiger partial charge is 0.126 e. The van der Waals surface area contributed by atoms with Crippen molar-refractivity contribution < 1.29 is 0 Å². The second-order valence-electron chi connectivity index (χ2n) is 3.54. The Morgan fingerprint density at radius 3 is 2.06 bits per heavy atom. The number of rotatable bonds is 3. The van der Waals surface area contributed by atoms with Gasteiger partial charge in [0.1, 0.15) is 4.49 Å². The first-order valence-corrected chi connectivity index (χ1v) is 8.55. The minimum absolute atomic E-state index is 0.0785. The average molecular weight is 429 g/mol. The number of hydrogen-bond donors (Lipinski definition) is 0. The van der Waals surface area contributed by atoms with Crippen LogP contribution < -0.4 is 0 Å². The van der Waals surface area contributed by atoms with Crippen molar-refractivity contribution in [3.63, 3.8) is 0 Å². The maximum Gasteiger partial charge on any atom is 0.126 e. The minimum Gasteiger partial charge on any atom is -0.114 e. The van der Waals surface area contributed by atoms with Crippen molar-refractivity contribution in [3.05, 3.63) is 17.8 Å². The van der Waals surface area contributed by atoms with Crippen molar-refractivity contribution in [1.29, 1.82) is 0 Å². The Hall–Kier alpha value is 1.66. The first-order chi connectivity index (χ1) is 7.52. The summed E-state index contributed by atoms with van der Waals surface area (Å²) in [6, 6.07) is 0. The van der Waals surface area contributed by atoms with Crippen LogP contribution in [0.3, 0.4) is 0 Å². The van der Waals surface area contributed by atoms with E-state index in [9.17, 15) is 0 Å². The molecule has 0 aliphatic heterocycles. The molecule has 6 heteroatoms. The van der Waals surface area contributed by atoms with Crippen LogP contribution in [0, 0.1) is 0 Å². The number of thioether (sulfide) groups is 1. The molecule has 1 aliphatic rings. The lowest BCUT2D eigenvalue weighted by molar-refractivity contribution is 0.517. The standard InChI is InChI=1S/C10H11Br2Cl3S/c11-7(8(13)10(14)15)9(12)16-6-4-2-1-3-5-6/h6H,1-5H2/b9-7+. The summed E-state index contributed by atoms with van der Waals surface area (Å²) in [5.41, 5.74) is 0. The summed E-state index contributed by atoms with van der Waals surface area (Å²) in [6.07, 6.45) is 6.50. The highest BCUT2D eigenvalue weighted by molar-refractivity contribution is 9.15. The normalized spacial score (nSPS) is 19.3. The number of hydrogen-bond acceptors (Lipinski definition) is 1. The van der Waals surface area contributed by atoms with E-state index in [0.29, 0.717) is 10.3 Å². The van der Waals surface area contributed by atoms with Crippen LogP contribution in [-0.4, -0.2) is 5.25 Å². The van der Waals surface area contributed by atoms with Gasteiger partial charge in [-0.25, -0.2) is 0 Å². The van der Waals surface area contributed by atoms with E-state index in [4.69, 9.17) is 34.8 Å². The van der Waals surface area contributed by atoms with Gasteiger partial charge in [-0.05, 0) is 44.7 Å². The average Bonchev–Trinajstić information content (AvgIpc) is 2.28. The maximum absolute atomic E-state index is 5.95. The summed E-state index contributed by atoms with van der Waals surface area (Å²) in [5.74, 6) is 0. The van der Waals surface area contributed by atoms with Crippen LogP contribution in [0.1, 0.15) is 32.1 Å². The van der Waals surface area contributed by atoms with Gasteiger partial charge < -0.3 is 0 Å². The third-order valence-corrected chi connectivity index (χ3v) is 7.29. The Balaban J connectivity index is 2.65. The first-order valence-electron chi connectivity index (χ1n) is 4.95. The monoisotopic (exact) mass is 426 g/mol. The van der Waals surface area contributed by atoms with E-state index in [1.165, 1.54) is 32.1 Å². The van der Waals surface area contributed by atoms with Crippen molar-refractivity contribution in [3.8, 4) is 0 Å². The minimum atomic E-state index is 0.0785. The van der Waals surface area contributed by atoms with Gasteiger partial charge >= 0.3 is 0 Å². The van der Waals surface area contributed by atoms with Crippen molar-refractivity contribution >= 4 is 78.4 Å². The molecule has 0 atom stereocenters. The molecule has 1 aliphatic carbocycles. The molecular weight excluding hydrogens is 418 g/mol. The molecule has 1 rings (SSSR count). The molecule has 16 heavy (non-hydrogen) atoms. The lowest BCUT2D eigenvalue weighted by Crippen LogP contribution is -2.07. The number of halogens is 5. The topological polar surface area (TPSA) is 0 Å².